The highest BCUT2D eigenvalue weighted by molar-refractivity contribution is 7.08. The number of fused-ring (bicyclic) bond motifs is 5. The molecular weight excluding hydrogens is 450 g/mol. The van der Waals surface area contributed by atoms with E-state index in [1.807, 2.05) is 71.4 Å². The van der Waals surface area contributed by atoms with Gasteiger partial charge in [0.1, 0.15) is 24.9 Å². The summed E-state index contributed by atoms with van der Waals surface area (Å²) in [5.74, 6) is -0.383. The number of hydrogen-bond donors (Lipinski definition) is 1. The lowest BCUT2D eigenvalue weighted by Gasteiger charge is -2.40. The number of para-hydroxylation sites is 1. The molecule has 2 aromatic carbocycles. The van der Waals surface area contributed by atoms with Gasteiger partial charge in [-0.3, -0.25) is 14.5 Å². The van der Waals surface area contributed by atoms with E-state index in [1.165, 1.54) is 0 Å². The molecular formula is C26H23N3O4S. The largest absolute Gasteiger partial charge is 0.444 e. The third-order valence-electron chi connectivity index (χ3n) is 7.17. The summed E-state index contributed by atoms with van der Waals surface area (Å²) in [6, 6.07) is 17.9. The predicted molar refractivity (Wildman–Crippen MR) is 127 cm³/mol. The van der Waals surface area contributed by atoms with Crippen molar-refractivity contribution >= 4 is 34.9 Å². The molecule has 0 bridgehead atoms. The number of ether oxygens (including phenoxy) is 1. The fourth-order valence-corrected chi connectivity index (χ4v) is 6.46. The SMILES string of the molecule is C[C@H]1NC(=O)[C@H]2C[C@@]3(c4ccsc4)c4ccccc4N(C(=O)OCc4ccccc4)[C@H]3N2C1=O. The van der Waals surface area contributed by atoms with Gasteiger partial charge in [-0.25, -0.2) is 4.79 Å². The number of hydrogen-bond acceptors (Lipinski definition) is 5. The van der Waals surface area contributed by atoms with Crippen LogP contribution in [0.5, 0.6) is 0 Å². The topological polar surface area (TPSA) is 79.0 Å². The molecule has 34 heavy (non-hydrogen) atoms. The van der Waals surface area contributed by atoms with Crippen molar-refractivity contribution in [2.45, 2.75) is 43.6 Å². The van der Waals surface area contributed by atoms with Crippen LogP contribution in [0.1, 0.15) is 30.0 Å². The Morgan fingerprint density at radius 1 is 1.12 bits per heavy atom. The average Bonchev–Trinajstić information content (AvgIpc) is 3.56. The third-order valence-corrected chi connectivity index (χ3v) is 7.85. The Bertz CT molecular complexity index is 1280. The Balaban J connectivity index is 1.49. The van der Waals surface area contributed by atoms with Crippen molar-refractivity contribution in [3.8, 4) is 0 Å². The van der Waals surface area contributed by atoms with Crippen LogP contribution in [-0.2, 0) is 26.3 Å². The molecule has 172 valence electrons. The van der Waals surface area contributed by atoms with Gasteiger partial charge in [-0.15, -0.1) is 0 Å². The number of nitrogens with one attached hydrogen (secondary N) is 1. The second-order valence-corrected chi connectivity index (χ2v) is 9.76. The van der Waals surface area contributed by atoms with Gasteiger partial charge in [0.05, 0.1) is 11.1 Å². The summed E-state index contributed by atoms with van der Waals surface area (Å²) in [4.78, 5) is 43.3. The maximum atomic E-state index is 13.6. The van der Waals surface area contributed by atoms with Crippen molar-refractivity contribution < 1.29 is 19.1 Å². The van der Waals surface area contributed by atoms with E-state index in [1.54, 1.807) is 28.1 Å². The molecule has 2 saturated heterocycles. The number of nitrogens with zero attached hydrogens (tertiary/aromatic N) is 2. The molecule has 6 rings (SSSR count). The summed E-state index contributed by atoms with van der Waals surface area (Å²) in [7, 11) is 0. The van der Waals surface area contributed by atoms with Crippen LogP contribution in [0.3, 0.4) is 0 Å². The molecule has 7 nitrogen and oxygen atoms in total. The minimum atomic E-state index is -0.718. The average molecular weight is 474 g/mol. The highest BCUT2D eigenvalue weighted by Crippen LogP contribution is 2.58. The lowest BCUT2D eigenvalue weighted by atomic mass is 9.73. The molecule has 0 aliphatic carbocycles. The number of benzene rings is 2. The number of carbonyl (C=O) groups excluding carboxylic acids is 3. The fourth-order valence-electron chi connectivity index (χ4n) is 5.72. The van der Waals surface area contributed by atoms with Gasteiger partial charge in [-0.2, -0.15) is 11.3 Å². The molecule has 0 saturated carbocycles. The van der Waals surface area contributed by atoms with Crippen LogP contribution in [0.2, 0.25) is 0 Å². The Morgan fingerprint density at radius 3 is 2.65 bits per heavy atom. The zero-order valence-corrected chi connectivity index (χ0v) is 19.3. The Kier molecular flexibility index (Phi) is 4.74. The normalized spacial score (nSPS) is 27.1. The van der Waals surface area contributed by atoms with E-state index in [4.69, 9.17) is 4.74 Å². The van der Waals surface area contributed by atoms with E-state index in [0.717, 1.165) is 16.7 Å². The van der Waals surface area contributed by atoms with Crippen LogP contribution in [0.25, 0.3) is 0 Å². The molecule has 3 amide bonds. The van der Waals surface area contributed by atoms with E-state index in [-0.39, 0.29) is 18.4 Å². The summed E-state index contributed by atoms with van der Waals surface area (Å²) < 4.78 is 5.76. The first kappa shape index (κ1) is 20.9. The van der Waals surface area contributed by atoms with Crippen LogP contribution < -0.4 is 10.2 Å². The number of piperazine rings is 1. The highest BCUT2D eigenvalue weighted by Gasteiger charge is 2.67. The number of carbonyl (C=O) groups is 3. The molecule has 0 radical (unpaired) electrons. The Labute approximate surface area is 200 Å². The molecule has 3 aromatic rings. The maximum Gasteiger partial charge on any atom is 0.416 e. The molecule has 1 aromatic heterocycles. The summed E-state index contributed by atoms with van der Waals surface area (Å²) in [5.41, 5.74) is 2.79. The zero-order chi connectivity index (χ0) is 23.4. The number of amides is 3. The molecule has 2 fully saturated rings. The monoisotopic (exact) mass is 473 g/mol. The molecule has 4 heterocycles. The molecule has 0 unspecified atom stereocenters. The summed E-state index contributed by atoms with van der Waals surface area (Å²) >= 11 is 1.56. The van der Waals surface area contributed by atoms with Gasteiger partial charge in [0.2, 0.25) is 11.8 Å². The van der Waals surface area contributed by atoms with Crippen LogP contribution >= 0.6 is 11.3 Å². The van der Waals surface area contributed by atoms with Crippen molar-refractivity contribution in [1.82, 2.24) is 10.2 Å². The second kappa shape index (κ2) is 7.70. The quantitative estimate of drug-likeness (QED) is 0.630. The standard InChI is InChI=1S/C26H23N3O4S/c1-16-23(31)28-21(22(30)27-16)13-26(18-11-12-34-15-18)19-9-5-6-10-20(19)29(24(26)28)25(32)33-14-17-7-3-2-4-8-17/h2-12,15-16,21,24H,13-14H2,1H3,(H,27,30)/t16-,21-,24-,26-/m1/s1. The van der Waals surface area contributed by atoms with Crippen molar-refractivity contribution in [3.05, 3.63) is 88.1 Å². The lowest BCUT2D eigenvalue weighted by Crippen LogP contribution is -2.65. The smallest absolute Gasteiger partial charge is 0.416 e. The van der Waals surface area contributed by atoms with Gasteiger partial charge in [0, 0.05) is 0 Å². The van der Waals surface area contributed by atoms with Crippen LogP contribution in [-0.4, -0.2) is 41.1 Å². The van der Waals surface area contributed by atoms with Gasteiger partial charge in [0.15, 0.2) is 0 Å². The first-order valence-corrected chi connectivity index (χ1v) is 12.2. The van der Waals surface area contributed by atoms with Gasteiger partial charge in [0.25, 0.3) is 0 Å². The van der Waals surface area contributed by atoms with Crippen molar-refractivity contribution in [2.75, 3.05) is 4.90 Å². The van der Waals surface area contributed by atoms with Gasteiger partial charge in [-0.1, -0.05) is 48.5 Å². The number of anilines is 1. The highest BCUT2D eigenvalue weighted by atomic mass is 32.1. The van der Waals surface area contributed by atoms with Crippen LogP contribution in [0.15, 0.2) is 71.4 Å². The van der Waals surface area contributed by atoms with Crippen molar-refractivity contribution in [3.63, 3.8) is 0 Å². The first-order valence-electron chi connectivity index (χ1n) is 11.3. The van der Waals surface area contributed by atoms with E-state index >= 15 is 0 Å². The summed E-state index contributed by atoms with van der Waals surface area (Å²) in [6.45, 7) is 1.80. The predicted octanol–water partition coefficient (Wildman–Crippen LogP) is 3.64. The molecule has 0 spiro atoms. The molecule has 1 N–H and O–H groups in total. The van der Waals surface area contributed by atoms with Crippen molar-refractivity contribution in [1.29, 1.82) is 0 Å². The first-order chi connectivity index (χ1) is 16.5. The summed E-state index contributed by atoms with van der Waals surface area (Å²) in [5, 5.41) is 6.84. The minimum absolute atomic E-state index is 0.116. The molecule has 3 aliphatic rings. The van der Waals surface area contributed by atoms with Gasteiger partial charge >= 0.3 is 6.09 Å². The molecule has 3 aliphatic heterocycles. The van der Waals surface area contributed by atoms with E-state index in [9.17, 15) is 14.4 Å². The van der Waals surface area contributed by atoms with Gasteiger partial charge in [-0.05, 0) is 52.9 Å². The number of rotatable bonds is 3. The third kappa shape index (κ3) is 2.84. The number of thiophene rings is 1. The van der Waals surface area contributed by atoms with E-state index in [0.29, 0.717) is 12.1 Å². The Morgan fingerprint density at radius 2 is 1.88 bits per heavy atom. The fraction of sp³-hybridized carbons (Fsp3) is 0.269. The summed E-state index contributed by atoms with van der Waals surface area (Å²) in [6.07, 6.45) is -0.822. The Hall–Kier alpha value is -3.65. The minimum Gasteiger partial charge on any atom is -0.444 e. The molecule has 8 heteroatoms. The maximum absolute atomic E-state index is 13.6. The van der Waals surface area contributed by atoms with E-state index in [2.05, 4.69) is 5.32 Å². The van der Waals surface area contributed by atoms with Crippen LogP contribution in [0, 0.1) is 0 Å². The van der Waals surface area contributed by atoms with Crippen LogP contribution in [0.4, 0.5) is 10.5 Å². The van der Waals surface area contributed by atoms with Crippen molar-refractivity contribution in [2.24, 2.45) is 0 Å². The van der Waals surface area contributed by atoms with Gasteiger partial charge < -0.3 is 15.0 Å². The second-order valence-electron chi connectivity index (χ2n) is 8.98. The zero-order valence-electron chi connectivity index (χ0n) is 18.5. The van der Waals surface area contributed by atoms with E-state index < -0.39 is 29.8 Å². The lowest BCUT2D eigenvalue weighted by molar-refractivity contribution is -0.148. The molecule has 4 atom stereocenters.